The summed E-state index contributed by atoms with van der Waals surface area (Å²) >= 11 is 0. The van der Waals surface area contributed by atoms with Gasteiger partial charge in [0.05, 0.1) is 0 Å². The Morgan fingerprint density at radius 3 is 2.18 bits per heavy atom. The smallest absolute Gasteiger partial charge is 0.225 e. The molecule has 7 heteroatoms. The molecule has 186 valence electrons. The second kappa shape index (κ2) is 14.0. The Hall–Kier alpha value is -1.51. The molecule has 2 heterocycles. The third-order valence-corrected chi connectivity index (χ3v) is 7.25. The topological polar surface area (TPSA) is 60.0 Å². The van der Waals surface area contributed by atoms with Crippen molar-refractivity contribution in [1.29, 1.82) is 0 Å². The fourth-order valence-corrected chi connectivity index (χ4v) is 4.81. The number of benzene rings is 1. The van der Waals surface area contributed by atoms with Gasteiger partial charge in [-0.3, -0.25) is 9.79 Å². The van der Waals surface area contributed by atoms with Gasteiger partial charge in [-0.1, -0.05) is 32.9 Å². The van der Waals surface area contributed by atoms with Gasteiger partial charge < -0.3 is 20.4 Å². The fourth-order valence-electron chi connectivity index (χ4n) is 4.81. The molecule has 1 aromatic rings. The van der Waals surface area contributed by atoms with Gasteiger partial charge in [-0.15, -0.1) is 24.0 Å². The van der Waals surface area contributed by atoms with Crippen LogP contribution in [0.1, 0.15) is 64.9 Å². The molecule has 1 amide bonds. The summed E-state index contributed by atoms with van der Waals surface area (Å²) in [5.41, 5.74) is 2.59. The molecule has 6 nitrogen and oxygen atoms in total. The summed E-state index contributed by atoms with van der Waals surface area (Å²) in [6.07, 6.45) is 6.38. The van der Waals surface area contributed by atoms with Crippen molar-refractivity contribution in [2.75, 3.05) is 38.1 Å². The van der Waals surface area contributed by atoms with E-state index in [1.807, 2.05) is 7.05 Å². The molecule has 0 saturated carbocycles. The van der Waals surface area contributed by atoms with Gasteiger partial charge in [0.25, 0.3) is 0 Å². The molecular weight excluding hydrogens is 525 g/mol. The SMILES string of the molecule is CCC(CC)C(=O)N1CCC(NC(=NC)NCc2ccc(N3CCC(C)CC3)cc2)CC1.I. The van der Waals surface area contributed by atoms with Crippen LogP contribution in [0, 0.1) is 11.8 Å². The van der Waals surface area contributed by atoms with Crippen molar-refractivity contribution in [1.82, 2.24) is 15.5 Å². The minimum absolute atomic E-state index is 0. The van der Waals surface area contributed by atoms with Crippen LogP contribution < -0.4 is 15.5 Å². The average molecular weight is 570 g/mol. The Labute approximate surface area is 218 Å². The molecule has 2 fully saturated rings. The quantitative estimate of drug-likeness (QED) is 0.286. The molecule has 2 aliphatic heterocycles. The summed E-state index contributed by atoms with van der Waals surface area (Å²) in [5, 5.41) is 7.01. The molecule has 2 saturated heterocycles. The van der Waals surface area contributed by atoms with E-state index in [-0.39, 0.29) is 29.9 Å². The third kappa shape index (κ3) is 8.04. The lowest BCUT2D eigenvalue weighted by atomic mass is 9.98. The molecule has 0 aromatic heterocycles. The maximum atomic E-state index is 12.6. The zero-order chi connectivity index (χ0) is 22.9. The number of carbonyl (C=O) groups excluding carboxylic acids is 1. The van der Waals surface area contributed by atoms with Gasteiger partial charge in [0.2, 0.25) is 5.91 Å². The number of nitrogens with one attached hydrogen (secondary N) is 2. The van der Waals surface area contributed by atoms with Gasteiger partial charge >= 0.3 is 0 Å². The van der Waals surface area contributed by atoms with Crippen LogP contribution in [0.5, 0.6) is 0 Å². The summed E-state index contributed by atoms with van der Waals surface area (Å²) in [7, 11) is 1.82. The molecule has 0 spiro atoms. The molecule has 2 aliphatic rings. The second-order valence-corrected chi connectivity index (χ2v) is 9.52. The van der Waals surface area contributed by atoms with Crippen LogP contribution in [0.2, 0.25) is 0 Å². The number of hydrogen-bond donors (Lipinski definition) is 2. The van der Waals surface area contributed by atoms with Crippen LogP contribution in [-0.4, -0.2) is 56.0 Å². The van der Waals surface area contributed by atoms with E-state index in [4.69, 9.17) is 0 Å². The largest absolute Gasteiger partial charge is 0.372 e. The third-order valence-electron chi connectivity index (χ3n) is 7.25. The normalized spacial score (nSPS) is 18.3. The van der Waals surface area contributed by atoms with Crippen LogP contribution in [0.4, 0.5) is 5.69 Å². The van der Waals surface area contributed by atoms with Crippen LogP contribution in [0.25, 0.3) is 0 Å². The molecule has 0 unspecified atom stereocenters. The van der Waals surface area contributed by atoms with Gasteiger partial charge in [0.15, 0.2) is 5.96 Å². The molecule has 3 rings (SSSR count). The predicted octanol–water partition coefficient (Wildman–Crippen LogP) is 4.63. The van der Waals surface area contributed by atoms with E-state index in [0.29, 0.717) is 11.9 Å². The molecule has 33 heavy (non-hydrogen) atoms. The minimum atomic E-state index is 0. The number of piperidine rings is 2. The van der Waals surface area contributed by atoms with Gasteiger partial charge in [-0.05, 0) is 62.1 Å². The fraction of sp³-hybridized carbons (Fsp3) is 0.692. The number of hydrogen-bond acceptors (Lipinski definition) is 3. The van der Waals surface area contributed by atoms with Gasteiger partial charge in [0, 0.05) is 57.4 Å². The van der Waals surface area contributed by atoms with Crippen molar-refractivity contribution in [3.05, 3.63) is 29.8 Å². The van der Waals surface area contributed by atoms with E-state index in [0.717, 1.165) is 70.3 Å². The summed E-state index contributed by atoms with van der Waals surface area (Å²) < 4.78 is 0. The molecule has 0 atom stereocenters. The highest BCUT2D eigenvalue weighted by Gasteiger charge is 2.26. The Morgan fingerprint density at radius 2 is 1.64 bits per heavy atom. The number of likely N-dealkylation sites (tertiary alicyclic amines) is 1. The van der Waals surface area contributed by atoms with Gasteiger partial charge in [0.1, 0.15) is 0 Å². The van der Waals surface area contributed by atoms with Crippen molar-refractivity contribution in [3.63, 3.8) is 0 Å². The summed E-state index contributed by atoms with van der Waals surface area (Å²) in [6, 6.07) is 9.28. The van der Waals surface area contributed by atoms with Crippen molar-refractivity contribution in [2.45, 2.75) is 71.9 Å². The number of amides is 1. The van der Waals surface area contributed by atoms with Crippen molar-refractivity contribution in [2.24, 2.45) is 16.8 Å². The zero-order valence-corrected chi connectivity index (χ0v) is 23.3. The van der Waals surface area contributed by atoms with Crippen LogP contribution in [0.15, 0.2) is 29.3 Å². The molecule has 0 aliphatic carbocycles. The van der Waals surface area contributed by atoms with E-state index < -0.39 is 0 Å². The Balaban J connectivity index is 0.00000385. The highest BCUT2D eigenvalue weighted by atomic mass is 127. The Bertz CT molecular complexity index is 734. The van der Waals surface area contributed by atoms with Crippen molar-refractivity contribution >= 4 is 41.5 Å². The summed E-state index contributed by atoms with van der Waals surface area (Å²) in [6.45, 7) is 11.3. The number of rotatable bonds is 7. The number of guanidine groups is 1. The Kier molecular flexibility index (Phi) is 11.8. The predicted molar refractivity (Wildman–Crippen MR) is 149 cm³/mol. The number of anilines is 1. The first-order valence-electron chi connectivity index (χ1n) is 12.6. The summed E-state index contributed by atoms with van der Waals surface area (Å²) in [5.74, 6) is 2.20. The molecular formula is C26H44IN5O. The first-order chi connectivity index (χ1) is 15.5. The number of halogens is 1. The molecule has 0 radical (unpaired) electrons. The molecule has 0 bridgehead atoms. The van der Waals surface area contributed by atoms with E-state index in [9.17, 15) is 4.79 Å². The first-order valence-corrected chi connectivity index (χ1v) is 12.6. The van der Waals surface area contributed by atoms with E-state index in [1.165, 1.54) is 24.1 Å². The monoisotopic (exact) mass is 569 g/mol. The highest BCUT2D eigenvalue weighted by molar-refractivity contribution is 14.0. The van der Waals surface area contributed by atoms with Crippen molar-refractivity contribution in [3.8, 4) is 0 Å². The minimum Gasteiger partial charge on any atom is -0.372 e. The van der Waals surface area contributed by atoms with Gasteiger partial charge in [-0.25, -0.2) is 0 Å². The maximum absolute atomic E-state index is 12.6. The highest BCUT2D eigenvalue weighted by Crippen LogP contribution is 2.23. The van der Waals surface area contributed by atoms with E-state index in [1.54, 1.807) is 0 Å². The number of aliphatic imine (C=N–C) groups is 1. The first kappa shape index (κ1) is 27.7. The standard InChI is InChI=1S/C26H43N5O.HI/c1-5-22(6-2)25(32)31-17-13-23(14-18-31)29-26(27-4)28-19-21-7-9-24(10-8-21)30-15-11-20(3)12-16-30;/h7-10,20,22-23H,5-6,11-19H2,1-4H3,(H2,27,28,29);1H. The van der Waals surface area contributed by atoms with E-state index >= 15 is 0 Å². The Morgan fingerprint density at radius 1 is 1.03 bits per heavy atom. The summed E-state index contributed by atoms with van der Waals surface area (Å²) in [4.78, 5) is 21.6. The van der Waals surface area contributed by atoms with Crippen LogP contribution in [0.3, 0.4) is 0 Å². The zero-order valence-electron chi connectivity index (χ0n) is 21.0. The number of carbonyl (C=O) groups is 1. The van der Waals surface area contributed by atoms with Gasteiger partial charge in [-0.2, -0.15) is 0 Å². The van der Waals surface area contributed by atoms with E-state index in [2.05, 4.69) is 70.5 Å². The number of nitrogens with zero attached hydrogens (tertiary/aromatic N) is 3. The van der Waals surface area contributed by atoms with Crippen LogP contribution >= 0.6 is 24.0 Å². The molecule has 2 N–H and O–H groups in total. The lowest BCUT2D eigenvalue weighted by Gasteiger charge is -2.35. The average Bonchev–Trinajstić information content (AvgIpc) is 2.83. The lowest BCUT2D eigenvalue weighted by Crippen LogP contribution is -2.50. The lowest BCUT2D eigenvalue weighted by molar-refractivity contribution is -0.136. The second-order valence-electron chi connectivity index (χ2n) is 9.52. The molecule has 1 aromatic carbocycles. The maximum Gasteiger partial charge on any atom is 0.225 e. The van der Waals surface area contributed by atoms with Crippen LogP contribution in [-0.2, 0) is 11.3 Å². The van der Waals surface area contributed by atoms with Crippen molar-refractivity contribution < 1.29 is 4.79 Å².